The lowest BCUT2D eigenvalue weighted by atomic mass is 10.2. The summed E-state index contributed by atoms with van der Waals surface area (Å²) in [4.78, 5) is 8.72. The van der Waals surface area contributed by atoms with Crippen LogP contribution >= 0.6 is 6.49 Å². The summed E-state index contributed by atoms with van der Waals surface area (Å²) >= 11 is 5.34. The summed E-state index contributed by atoms with van der Waals surface area (Å²) in [7, 11) is 1.59. The largest absolute Gasteiger partial charge is 0.425 e. The van der Waals surface area contributed by atoms with Gasteiger partial charge in [-0.05, 0) is 18.7 Å². The predicted molar refractivity (Wildman–Crippen MR) is 73.3 cm³/mol. The van der Waals surface area contributed by atoms with Gasteiger partial charge in [-0.3, -0.25) is 0 Å². The Kier molecular flexibility index (Phi) is 5.04. The molecule has 1 aromatic rings. The van der Waals surface area contributed by atoms with Gasteiger partial charge < -0.3 is 9.05 Å². The monoisotopic (exact) mass is 274 g/mol. The lowest BCUT2D eigenvalue weighted by molar-refractivity contribution is 0.387. The van der Waals surface area contributed by atoms with E-state index in [0.717, 1.165) is 11.5 Å². The highest BCUT2D eigenvalue weighted by molar-refractivity contribution is 8.10. The molecule has 17 heavy (non-hydrogen) atoms. The molecule has 1 atom stereocenters. The quantitative estimate of drug-likeness (QED) is 0.771. The zero-order chi connectivity index (χ0) is 13.1. The summed E-state index contributed by atoms with van der Waals surface area (Å²) < 4.78 is 11.0. The number of hydrogen-bond donors (Lipinski definition) is 0. The average molecular weight is 274 g/mol. The van der Waals surface area contributed by atoms with E-state index in [1.807, 2.05) is 27.7 Å². The molecule has 0 bridgehead atoms. The van der Waals surface area contributed by atoms with Crippen molar-refractivity contribution in [1.82, 2.24) is 9.97 Å². The highest BCUT2D eigenvalue weighted by Crippen LogP contribution is 2.46. The van der Waals surface area contributed by atoms with Crippen LogP contribution in [0.25, 0.3) is 0 Å². The van der Waals surface area contributed by atoms with Crippen molar-refractivity contribution in [1.29, 1.82) is 0 Å². The zero-order valence-electron chi connectivity index (χ0n) is 10.9. The molecule has 0 aliphatic rings. The van der Waals surface area contributed by atoms with Crippen LogP contribution in [0.4, 0.5) is 0 Å². The van der Waals surface area contributed by atoms with E-state index in [2.05, 4.69) is 9.97 Å². The molecule has 1 unspecified atom stereocenters. The molecule has 1 aromatic heterocycles. The van der Waals surface area contributed by atoms with Gasteiger partial charge in [0.15, 0.2) is 0 Å². The third-order valence-corrected chi connectivity index (χ3v) is 5.50. The van der Waals surface area contributed by atoms with E-state index in [9.17, 15) is 0 Å². The molecule has 0 amide bonds. The zero-order valence-corrected chi connectivity index (χ0v) is 12.6. The second kappa shape index (κ2) is 5.89. The van der Waals surface area contributed by atoms with Crippen LogP contribution in [0.1, 0.15) is 38.2 Å². The van der Waals surface area contributed by atoms with Gasteiger partial charge in [0.2, 0.25) is 12.4 Å². The Morgan fingerprint density at radius 3 is 2.53 bits per heavy atom. The van der Waals surface area contributed by atoms with Crippen LogP contribution in [0.15, 0.2) is 6.07 Å². The van der Waals surface area contributed by atoms with Crippen LogP contribution in [0.2, 0.25) is 0 Å². The van der Waals surface area contributed by atoms with Gasteiger partial charge in [0.25, 0.3) is 0 Å². The maximum absolute atomic E-state index is 5.72. The number of aromatic nitrogens is 2. The van der Waals surface area contributed by atoms with Gasteiger partial charge in [-0.1, -0.05) is 20.8 Å². The van der Waals surface area contributed by atoms with E-state index in [4.69, 9.17) is 20.9 Å². The van der Waals surface area contributed by atoms with Gasteiger partial charge in [-0.2, -0.15) is 4.98 Å². The Morgan fingerprint density at radius 2 is 2.06 bits per heavy atom. The summed E-state index contributed by atoms with van der Waals surface area (Å²) in [6.45, 7) is 5.74. The highest BCUT2D eigenvalue weighted by Gasteiger charge is 2.18. The molecule has 96 valence electrons. The molecule has 0 fully saturated rings. The van der Waals surface area contributed by atoms with E-state index in [-0.39, 0.29) is 5.92 Å². The van der Waals surface area contributed by atoms with Crippen LogP contribution < -0.4 is 4.52 Å². The standard InChI is InChI=1S/C11H19N2O2PS/c1-6-16(17,14-5)15-10-7-9(4)12-11(13-10)8(2)3/h7-8H,6H2,1-5H3. The average Bonchev–Trinajstić information content (AvgIpc) is 2.28. The lowest BCUT2D eigenvalue weighted by Gasteiger charge is -2.19. The second-order valence-electron chi connectivity index (χ2n) is 4.06. The number of rotatable bonds is 5. The minimum Gasteiger partial charge on any atom is -0.425 e. The highest BCUT2D eigenvalue weighted by atomic mass is 32.5. The van der Waals surface area contributed by atoms with Gasteiger partial charge in [0.1, 0.15) is 5.82 Å². The maximum atomic E-state index is 5.72. The van der Waals surface area contributed by atoms with E-state index >= 15 is 0 Å². The van der Waals surface area contributed by atoms with Gasteiger partial charge in [0.05, 0.1) is 0 Å². The van der Waals surface area contributed by atoms with Crippen LogP contribution in [-0.4, -0.2) is 23.2 Å². The molecule has 0 saturated carbocycles. The first kappa shape index (κ1) is 14.6. The fourth-order valence-electron chi connectivity index (χ4n) is 1.24. The summed E-state index contributed by atoms with van der Waals surface area (Å²) in [5.41, 5.74) is 0.882. The first-order valence-electron chi connectivity index (χ1n) is 5.60. The molecule has 0 aliphatic carbocycles. The second-order valence-corrected chi connectivity index (χ2v) is 8.13. The fourth-order valence-corrected chi connectivity index (χ4v) is 2.31. The summed E-state index contributed by atoms with van der Waals surface area (Å²) in [5, 5.41) is 0. The molecule has 0 aliphatic heterocycles. The third-order valence-electron chi connectivity index (χ3n) is 2.26. The lowest BCUT2D eigenvalue weighted by Crippen LogP contribution is -2.04. The Labute approximate surface area is 108 Å². The van der Waals surface area contributed by atoms with E-state index in [1.165, 1.54) is 0 Å². The molecule has 0 radical (unpaired) electrons. The maximum Gasteiger partial charge on any atom is 0.239 e. The summed E-state index contributed by atoms with van der Waals surface area (Å²) in [5.74, 6) is 1.56. The van der Waals surface area contributed by atoms with Crippen LogP contribution in [-0.2, 0) is 16.3 Å². The minimum absolute atomic E-state index is 0.263. The fraction of sp³-hybridized carbons (Fsp3) is 0.636. The van der Waals surface area contributed by atoms with Crippen LogP contribution in [0.5, 0.6) is 5.88 Å². The predicted octanol–water partition coefficient (Wildman–Crippen LogP) is 3.26. The molecule has 0 spiro atoms. The Hall–Kier alpha value is -0.510. The van der Waals surface area contributed by atoms with Gasteiger partial charge in [-0.25, -0.2) is 4.98 Å². The van der Waals surface area contributed by atoms with Crippen molar-refractivity contribution in [2.75, 3.05) is 13.3 Å². The molecule has 0 N–H and O–H groups in total. The van der Waals surface area contributed by atoms with Crippen molar-refractivity contribution in [2.45, 2.75) is 33.6 Å². The number of nitrogens with zero attached hydrogens (tertiary/aromatic N) is 2. The normalized spacial score (nSPS) is 14.7. The molecule has 0 saturated heterocycles. The topological polar surface area (TPSA) is 44.2 Å². The molecule has 4 nitrogen and oxygen atoms in total. The summed E-state index contributed by atoms with van der Waals surface area (Å²) in [6.07, 6.45) is 0.679. The van der Waals surface area contributed by atoms with Crippen molar-refractivity contribution in [2.24, 2.45) is 0 Å². The van der Waals surface area contributed by atoms with Crippen molar-refractivity contribution in [3.8, 4) is 5.88 Å². The van der Waals surface area contributed by atoms with Crippen LogP contribution in [0.3, 0.4) is 0 Å². The molecular formula is C11H19N2O2PS. The molecule has 1 rings (SSSR count). The van der Waals surface area contributed by atoms with Gasteiger partial charge in [-0.15, -0.1) is 0 Å². The molecule has 0 aromatic carbocycles. The van der Waals surface area contributed by atoms with Gasteiger partial charge in [0, 0.05) is 30.9 Å². The van der Waals surface area contributed by atoms with E-state index < -0.39 is 6.49 Å². The third kappa shape index (κ3) is 4.02. The van der Waals surface area contributed by atoms with E-state index in [0.29, 0.717) is 12.0 Å². The molecule has 1 heterocycles. The molecule has 6 heteroatoms. The first-order chi connectivity index (χ1) is 7.90. The Balaban J connectivity index is 3.03. The van der Waals surface area contributed by atoms with Crippen molar-refractivity contribution >= 4 is 18.3 Å². The Bertz CT molecular complexity index is 429. The summed E-state index contributed by atoms with van der Waals surface area (Å²) in [6, 6.07) is 1.79. The smallest absolute Gasteiger partial charge is 0.239 e. The molecular weight excluding hydrogens is 255 g/mol. The van der Waals surface area contributed by atoms with Gasteiger partial charge >= 0.3 is 0 Å². The number of hydrogen-bond acceptors (Lipinski definition) is 5. The first-order valence-corrected chi connectivity index (χ1v) is 8.42. The van der Waals surface area contributed by atoms with Crippen molar-refractivity contribution in [3.63, 3.8) is 0 Å². The van der Waals surface area contributed by atoms with Crippen molar-refractivity contribution < 1.29 is 9.05 Å². The van der Waals surface area contributed by atoms with Crippen molar-refractivity contribution in [3.05, 3.63) is 17.6 Å². The van der Waals surface area contributed by atoms with E-state index in [1.54, 1.807) is 13.2 Å². The number of aryl methyl sites for hydroxylation is 1. The van der Waals surface area contributed by atoms with Crippen LogP contribution in [0, 0.1) is 6.92 Å². The SMILES string of the molecule is CCP(=S)(OC)Oc1cc(C)nc(C(C)C)n1. The minimum atomic E-state index is -2.23. The Morgan fingerprint density at radius 1 is 1.41 bits per heavy atom.